The molecule has 3 aromatic heterocycles. The smallest absolute Gasteiger partial charge is 0.240 e. The summed E-state index contributed by atoms with van der Waals surface area (Å²) in [5, 5.41) is 4.97. The van der Waals surface area contributed by atoms with Crippen molar-refractivity contribution in [3.05, 3.63) is 72.1 Å². The molecule has 3 heterocycles. The number of thiazole rings is 1. The topological polar surface area (TPSA) is 120 Å². The van der Waals surface area contributed by atoms with Crippen LogP contribution in [-0.2, 0) is 10.0 Å². The molecule has 5 rings (SSSR count). The fourth-order valence-corrected chi connectivity index (χ4v) is 5.60. The standard InChI is InChI=1S/C25H23FN6O4S2/c1-35-20-8-7-18(15-21(20)36-2)38(33,34)29-12-11-28-24-27-10-9-19(30-24)23-22(16-3-5-17(26)6-4-16)31-25-32(23)13-14-37-25/h3-10,13-15,29H,11-12H2,1-2H3,(H,27,28,30). The van der Waals surface area contributed by atoms with E-state index >= 15 is 0 Å². The molecule has 10 nitrogen and oxygen atoms in total. The molecule has 2 N–H and O–H groups in total. The van der Waals surface area contributed by atoms with Crippen molar-refractivity contribution >= 4 is 32.3 Å². The number of anilines is 1. The molecule has 0 saturated heterocycles. The van der Waals surface area contributed by atoms with Crippen molar-refractivity contribution in [1.29, 1.82) is 0 Å². The lowest BCUT2D eigenvalue weighted by Crippen LogP contribution is -2.29. The van der Waals surface area contributed by atoms with E-state index in [0.29, 0.717) is 28.8 Å². The molecule has 38 heavy (non-hydrogen) atoms. The maximum Gasteiger partial charge on any atom is 0.240 e. The molecule has 0 amide bonds. The number of ether oxygens (including phenoxy) is 2. The third-order valence-electron chi connectivity index (χ3n) is 5.64. The summed E-state index contributed by atoms with van der Waals surface area (Å²) in [7, 11) is -0.858. The van der Waals surface area contributed by atoms with Gasteiger partial charge in [-0.15, -0.1) is 11.3 Å². The predicted octanol–water partition coefficient (Wildman–Crippen LogP) is 4.07. The summed E-state index contributed by atoms with van der Waals surface area (Å²) in [5.41, 5.74) is 2.78. The number of hydrogen-bond donors (Lipinski definition) is 2. The summed E-state index contributed by atoms with van der Waals surface area (Å²) >= 11 is 1.48. The van der Waals surface area contributed by atoms with E-state index in [1.54, 1.807) is 24.4 Å². The average Bonchev–Trinajstić information content (AvgIpc) is 3.53. The Morgan fingerprint density at radius 1 is 1.00 bits per heavy atom. The van der Waals surface area contributed by atoms with Crippen LogP contribution in [0.4, 0.5) is 10.3 Å². The maximum absolute atomic E-state index is 13.5. The summed E-state index contributed by atoms with van der Waals surface area (Å²) < 4.78 is 53.8. The lowest BCUT2D eigenvalue weighted by molar-refractivity contribution is 0.354. The quantitative estimate of drug-likeness (QED) is 0.248. The molecule has 0 radical (unpaired) electrons. The van der Waals surface area contributed by atoms with E-state index in [0.717, 1.165) is 16.2 Å². The van der Waals surface area contributed by atoms with Gasteiger partial charge in [0.05, 0.1) is 30.5 Å². The number of nitrogens with one attached hydrogen (secondary N) is 2. The first-order valence-corrected chi connectivity index (χ1v) is 13.8. The second kappa shape index (κ2) is 10.7. The average molecular weight is 555 g/mol. The highest BCUT2D eigenvalue weighted by atomic mass is 32.2. The number of halogens is 1. The van der Waals surface area contributed by atoms with Crippen LogP contribution in [0.25, 0.3) is 27.6 Å². The monoisotopic (exact) mass is 554 g/mol. The Bertz CT molecular complexity index is 1690. The zero-order chi connectivity index (χ0) is 26.7. The molecule has 5 aromatic rings. The van der Waals surface area contributed by atoms with Gasteiger partial charge < -0.3 is 14.8 Å². The molecule has 0 unspecified atom stereocenters. The van der Waals surface area contributed by atoms with Gasteiger partial charge in [0.15, 0.2) is 16.5 Å². The SMILES string of the molecule is COc1ccc(S(=O)(=O)NCCNc2nccc(-c3c(-c4ccc(F)cc4)nc4sccn34)n2)cc1OC. The lowest BCUT2D eigenvalue weighted by atomic mass is 10.1. The van der Waals surface area contributed by atoms with Crippen LogP contribution in [0.3, 0.4) is 0 Å². The molecule has 0 spiro atoms. The number of hydrogen-bond acceptors (Lipinski definition) is 9. The van der Waals surface area contributed by atoms with Gasteiger partial charge in [0, 0.05) is 42.5 Å². The molecule has 2 aromatic carbocycles. The van der Waals surface area contributed by atoms with Crippen molar-refractivity contribution in [3.8, 4) is 34.1 Å². The van der Waals surface area contributed by atoms with E-state index in [1.807, 2.05) is 16.0 Å². The van der Waals surface area contributed by atoms with Crippen molar-refractivity contribution in [2.24, 2.45) is 0 Å². The van der Waals surface area contributed by atoms with Crippen LogP contribution in [0, 0.1) is 5.82 Å². The molecule has 0 aliphatic carbocycles. The number of benzene rings is 2. The van der Waals surface area contributed by atoms with Crippen molar-refractivity contribution < 1.29 is 22.3 Å². The zero-order valence-electron chi connectivity index (χ0n) is 20.4. The second-order valence-electron chi connectivity index (χ2n) is 7.98. The molecule has 0 fully saturated rings. The molecule has 196 valence electrons. The summed E-state index contributed by atoms with van der Waals surface area (Å²) in [6.07, 6.45) is 3.51. The molecule has 0 aliphatic rings. The fraction of sp³-hybridized carbons (Fsp3) is 0.160. The minimum atomic E-state index is -3.78. The number of sulfonamides is 1. The molecular weight excluding hydrogens is 531 g/mol. The van der Waals surface area contributed by atoms with Crippen molar-refractivity contribution in [1.82, 2.24) is 24.1 Å². The van der Waals surface area contributed by atoms with Crippen molar-refractivity contribution in [3.63, 3.8) is 0 Å². The van der Waals surface area contributed by atoms with Gasteiger partial charge in [-0.05, 0) is 42.5 Å². The van der Waals surface area contributed by atoms with Crippen LogP contribution < -0.4 is 19.5 Å². The number of nitrogens with zero attached hydrogens (tertiary/aromatic N) is 4. The third-order valence-corrected chi connectivity index (χ3v) is 7.86. The minimum Gasteiger partial charge on any atom is -0.493 e. The first-order valence-electron chi connectivity index (χ1n) is 11.4. The first-order chi connectivity index (χ1) is 18.4. The highest BCUT2D eigenvalue weighted by molar-refractivity contribution is 7.89. The number of aromatic nitrogens is 4. The second-order valence-corrected chi connectivity index (χ2v) is 10.6. The first kappa shape index (κ1) is 25.6. The van der Waals surface area contributed by atoms with E-state index in [-0.39, 0.29) is 23.8 Å². The van der Waals surface area contributed by atoms with Gasteiger partial charge in [-0.3, -0.25) is 4.40 Å². The zero-order valence-corrected chi connectivity index (χ0v) is 22.0. The molecule has 0 aliphatic heterocycles. The van der Waals surface area contributed by atoms with Gasteiger partial charge in [0.25, 0.3) is 0 Å². The molecule has 0 saturated carbocycles. The molecule has 0 bridgehead atoms. The number of methoxy groups -OCH3 is 2. The van der Waals surface area contributed by atoms with Gasteiger partial charge in [-0.1, -0.05) is 0 Å². The van der Waals surface area contributed by atoms with Gasteiger partial charge in [0.2, 0.25) is 16.0 Å². The Labute approximate surface area is 222 Å². The van der Waals surface area contributed by atoms with Gasteiger partial charge in [-0.25, -0.2) is 32.5 Å². The van der Waals surface area contributed by atoms with Crippen LogP contribution in [0.2, 0.25) is 0 Å². The Kier molecular flexibility index (Phi) is 7.22. The largest absolute Gasteiger partial charge is 0.493 e. The van der Waals surface area contributed by atoms with Crippen molar-refractivity contribution in [2.45, 2.75) is 4.90 Å². The van der Waals surface area contributed by atoms with Crippen molar-refractivity contribution in [2.75, 3.05) is 32.6 Å². The van der Waals surface area contributed by atoms with Crippen LogP contribution in [0.1, 0.15) is 0 Å². The third kappa shape index (κ3) is 5.16. The summed E-state index contributed by atoms with van der Waals surface area (Å²) in [6, 6.07) is 12.3. The fourth-order valence-electron chi connectivity index (χ4n) is 3.84. The normalized spacial score (nSPS) is 11.6. The van der Waals surface area contributed by atoms with Gasteiger partial charge in [-0.2, -0.15) is 0 Å². The summed E-state index contributed by atoms with van der Waals surface area (Å²) in [4.78, 5) is 14.4. The lowest BCUT2D eigenvalue weighted by Gasteiger charge is -2.11. The molecular formula is C25H23FN6O4S2. The van der Waals surface area contributed by atoms with E-state index < -0.39 is 10.0 Å². The number of fused-ring (bicyclic) bond motifs is 1. The number of rotatable bonds is 10. The highest BCUT2D eigenvalue weighted by Crippen LogP contribution is 2.34. The van der Waals surface area contributed by atoms with Gasteiger partial charge >= 0.3 is 0 Å². The van der Waals surface area contributed by atoms with Crippen LogP contribution >= 0.6 is 11.3 Å². The van der Waals surface area contributed by atoms with Crippen LogP contribution in [0.5, 0.6) is 11.5 Å². The predicted molar refractivity (Wildman–Crippen MR) is 143 cm³/mol. The van der Waals surface area contributed by atoms with Gasteiger partial charge in [0.1, 0.15) is 11.5 Å². The van der Waals surface area contributed by atoms with E-state index in [9.17, 15) is 12.8 Å². The minimum absolute atomic E-state index is 0.0576. The van der Waals surface area contributed by atoms with Crippen LogP contribution in [-0.4, -0.2) is 55.1 Å². The number of imidazole rings is 1. The highest BCUT2D eigenvalue weighted by Gasteiger charge is 2.19. The maximum atomic E-state index is 13.5. The Balaban J connectivity index is 1.31. The Hall–Kier alpha value is -4.07. The van der Waals surface area contributed by atoms with Crippen LogP contribution in [0.15, 0.2) is 71.2 Å². The van der Waals surface area contributed by atoms with E-state index in [2.05, 4.69) is 20.0 Å². The molecule has 13 heteroatoms. The summed E-state index contributed by atoms with van der Waals surface area (Å²) in [6.45, 7) is 0.327. The summed E-state index contributed by atoms with van der Waals surface area (Å²) in [5.74, 6) is 0.749. The van der Waals surface area contributed by atoms with E-state index in [1.165, 1.54) is 55.9 Å². The Morgan fingerprint density at radius 3 is 2.55 bits per heavy atom. The van der Waals surface area contributed by atoms with E-state index in [4.69, 9.17) is 14.5 Å². The molecule has 0 atom stereocenters. The Morgan fingerprint density at radius 2 is 1.79 bits per heavy atom.